The van der Waals surface area contributed by atoms with Gasteiger partial charge in [-0.2, -0.15) is 0 Å². The summed E-state index contributed by atoms with van der Waals surface area (Å²) in [6, 6.07) is 16.9. The van der Waals surface area contributed by atoms with Gasteiger partial charge >= 0.3 is 0 Å². The average Bonchev–Trinajstić information content (AvgIpc) is 2.81. The number of hydrogen-bond donors (Lipinski definition) is 3. The molecular formula is C26H29N3O3. The molecule has 2 fully saturated rings. The number of rotatable bonds is 4. The van der Waals surface area contributed by atoms with E-state index in [-0.39, 0.29) is 17.4 Å². The van der Waals surface area contributed by atoms with Gasteiger partial charge in [-0.15, -0.1) is 0 Å². The summed E-state index contributed by atoms with van der Waals surface area (Å²) < 4.78 is 0. The molecule has 1 aliphatic carbocycles. The lowest BCUT2D eigenvalue weighted by atomic mass is 9.66. The van der Waals surface area contributed by atoms with Gasteiger partial charge in [0.15, 0.2) is 5.43 Å². The molecule has 4 N–H and O–H groups in total. The maximum absolute atomic E-state index is 12.8. The second kappa shape index (κ2) is 8.19. The quantitative estimate of drug-likeness (QED) is 0.590. The molecule has 32 heavy (non-hydrogen) atoms. The summed E-state index contributed by atoms with van der Waals surface area (Å²) in [4.78, 5) is 30.0. The first-order chi connectivity index (χ1) is 15.5. The van der Waals surface area contributed by atoms with Crippen LogP contribution in [-0.4, -0.2) is 33.5 Å². The summed E-state index contributed by atoms with van der Waals surface area (Å²) in [6.07, 6.45) is 5.04. The highest BCUT2D eigenvalue weighted by atomic mass is 16.3. The predicted octanol–water partition coefficient (Wildman–Crippen LogP) is 3.28. The van der Waals surface area contributed by atoms with Crippen molar-refractivity contribution >= 4 is 16.8 Å². The van der Waals surface area contributed by atoms with Gasteiger partial charge in [-0.1, -0.05) is 43.2 Å². The van der Waals surface area contributed by atoms with Gasteiger partial charge in [0, 0.05) is 53.3 Å². The number of benzene rings is 2. The highest BCUT2D eigenvalue weighted by molar-refractivity contribution is 5.96. The van der Waals surface area contributed by atoms with Gasteiger partial charge in [0.25, 0.3) is 0 Å². The van der Waals surface area contributed by atoms with Crippen molar-refractivity contribution in [3.63, 3.8) is 0 Å². The molecular weight excluding hydrogens is 402 g/mol. The second-order valence-corrected chi connectivity index (χ2v) is 9.25. The third kappa shape index (κ3) is 3.63. The van der Waals surface area contributed by atoms with Crippen LogP contribution < -0.4 is 11.2 Å². The number of hydrogen-bond acceptors (Lipinski definition) is 4. The van der Waals surface area contributed by atoms with Crippen molar-refractivity contribution < 1.29 is 9.90 Å². The Labute approximate surface area is 187 Å². The van der Waals surface area contributed by atoms with Crippen molar-refractivity contribution in [1.29, 1.82) is 0 Å². The first-order valence-electron chi connectivity index (χ1n) is 11.4. The van der Waals surface area contributed by atoms with E-state index in [0.29, 0.717) is 29.4 Å². The first kappa shape index (κ1) is 20.9. The van der Waals surface area contributed by atoms with Gasteiger partial charge in [0.2, 0.25) is 5.91 Å². The van der Waals surface area contributed by atoms with Crippen molar-refractivity contribution in [3.8, 4) is 0 Å². The number of nitrogens with two attached hydrogens (primary N) is 1. The van der Waals surface area contributed by atoms with Crippen LogP contribution in [0.3, 0.4) is 0 Å². The number of aliphatic hydroxyl groups is 1. The number of aromatic amines is 1. The number of nitrogens with zero attached hydrogens (tertiary/aromatic N) is 1. The molecule has 0 bridgehead atoms. The molecule has 3 aromatic rings. The Bertz CT molecular complexity index is 1210. The van der Waals surface area contributed by atoms with Crippen molar-refractivity contribution in [2.24, 2.45) is 11.7 Å². The Morgan fingerprint density at radius 1 is 1.12 bits per heavy atom. The molecule has 1 aromatic heterocycles. The van der Waals surface area contributed by atoms with Crippen LogP contribution >= 0.6 is 0 Å². The van der Waals surface area contributed by atoms with Crippen molar-refractivity contribution in [2.45, 2.75) is 50.3 Å². The molecule has 1 aliphatic heterocycles. The van der Waals surface area contributed by atoms with E-state index in [1.807, 2.05) is 30.3 Å². The van der Waals surface area contributed by atoms with E-state index < -0.39 is 11.5 Å². The topological polar surface area (TPSA) is 99.4 Å². The number of pyridine rings is 1. The zero-order valence-electron chi connectivity index (χ0n) is 18.1. The van der Waals surface area contributed by atoms with Gasteiger partial charge in [0.1, 0.15) is 0 Å². The number of H-pyrrole nitrogens is 1. The SMILES string of the molecule is NC(=O)c1ccc2[nH]c(CN3CC[C@@](O)(c4ccccc4)[C@H]4CCCC[C@H]43)cc(=O)c2c1. The molecule has 0 spiro atoms. The molecule has 6 nitrogen and oxygen atoms in total. The highest BCUT2D eigenvalue weighted by Gasteiger charge is 2.48. The minimum Gasteiger partial charge on any atom is -0.385 e. The zero-order valence-corrected chi connectivity index (χ0v) is 18.1. The molecule has 3 atom stereocenters. The number of amides is 1. The standard InChI is InChI=1S/C26H29N3O3/c27-25(31)17-10-11-22-20(14-17)24(30)15-19(28-22)16-29-13-12-26(32,18-6-2-1-3-7-18)21-8-4-5-9-23(21)29/h1-3,6-7,10-11,14-15,21,23,32H,4-5,8-9,12-13,16H2,(H2,27,31)(H,28,30)/t21-,23+,26+/m0/s1. The summed E-state index contributed by atoms with van der Waals surface area (Å²) in [5.74, 6) is -0.365. The fourth-order valence-electron chi connectivity index (χ4n) is 5.81. The highest BCUT2D eigenvalue weighted by Crippen LogP contribution is 2.47. The lowest BCUT2D eigenvalue weighted by Crippen LogP contribution is -2.57. The Balaban J connectivity index is 1.44. The Kier molecular flexibility index (Phi) is 5.35. The smallest absolute Gasteiger partial charge is 0.248 e. The number of carbonyl (C=O) groups is 1. The molecule has 1 amide bonds. The van der Waals surface area contributed by atoms with E-state index in [1.165, 1.54) is 0 Å². The number of carbonyl (C=O) groups excluding carboxylic acids is 1. The van der Waals surface area contributed by atoms with E-state index in [1.54, 1.807) is 24.3 Å². The molecule has 2 aromatic carbocycles. The summed E-state index contributed by atoms with van der Waals surface area (Å²) in [7, 11) is 0. The third-order valence-corrected chi connectivity index (χ3v) is 7.41. The van der Waals surface area contributed by atoms with E-state index in [2.05, 4.69) is 9.88 Å². The van der Waals surface area contributed by atoms with Gasteiger partial charge < -0.3 is 15.8 Å². The van der Waals surface area contributed by atoms with Crippen LogP contribution in [0.4, 0.5) is 0 Å². The number of fused-ring (bicyclic) bond motifs is 2. The summed E-state index contributed by atoms with van der Waals surface area (Å²) in [5, 5.41) is 12.2. The summed E-state index contributed by atoms with van der Waals surface area (Å²) in [5.41, 5.74) is 7.34. The first-order valence-corrected chi connectivity index (χ1v) is 11.4. The number of aromatic nitrogens is 1. The van der Waals surface area contributed by atoms with Crippen LogP contribution in [0.5, 0.6) is 0 Å². The molecule has 0 radical (unpaired) electrons. The van der Waals surface area contributed by atoms with Gasteiger partial charge in [0.05, 0.1) is 5.60 Å². The Hall–Kier alpha value is -2.96. The lowest BCUT2D eigenvalue weighted by Gasteiger charge is -2.52. The van der Waals surface area contributed by atoms with Gasteiger partial charge in [-0.3, -0.25) is 14.5 Å². The van der Waals surface area contributed by atoms with E-state index in [0.717, 1.165) is 43.5 Å². The third-order valence-electron chi connectivity index (χ3n) is 7.41. The summed E-state index contributed by atoms with van der Waals surface area (Å²) in [6.45, 7) is 1.40. The van der Waals surface area contributed by atoms with Crippen LogP contribution in [0, 0.1) is 5.92 Å². The molecule has 2 aliphatic rings. The Morgan fingerprint density at radius 3 is 2.69 bits per heavy atom. The predicted molar refractivity (Wildman–Crippen MR) is 124 cm³/mol. The lowest BCUT2D eigenvalue weighted by molar-refractivity contribution is -0.123. The molecule has 5 rings (SSSR count). The van der Waals surface area contributed by atoms with Crippen LogP contribution in [0.2, 0.25) is 0 Å². The minimum atomic E-state index is -0.801. The van der Waals surface area contributed by atoms with E-state index in [4.69, 9.17) is 5.73 Å². The number of nitrogens with one attached hydrogen (secondary N) is 1. The van der Waals surface area contributed by atoms with Gasteiger partial charge in [-0.05, 0) is 43.0 Å². The number of likely N-dealkylation sites (tertiary alicyclic amines) is 1. The number of piperidine rings is 1. The molecule has 6 heteroatoms. The maximum atomic E-state index is 12.8. The summed E-state index contributed by atoms with van der Waals surface area (Å²) >= 11 is 0. The van der Waals surface area contributed by atoms with Crippen LogP contribution in [-0.2, 0) is 12.1 Å². The fraction of sp³-hybridized carbons (Fsp3) is 0.385. The monoisotopic (exact) mass is 431 g/mol. The van der Waals surface area contributed by atoms with Crippen LogP contribution in [0.25, 0.3) is 10.9 Å². The zero-order chi connectivity index (χ0) is 22.3. The molecule has 2 heterocycles. The van der Waals surface area contributed by atoms with Gasteiger partial charge in [-0.25, -0.2) is 0 Å². The normalized spacial score (nSPS) is 26.0. The molecule has 166 valence electrons. The van der Waals surface area contributed by atoms with Crippen LogP contribution in [0.15, 0.2) is 59.4 Å². The average molecular weight is 432 g/mol. The number of primary amides is 1. The maximum Gasteiger partial charge on any atom is 0.248 e. The minimum absolute atomic E-state index is 0.116. The van der Waals surface area contributed by atoms with Crippen molar-refractivity contribution in [2.75, 3.05) is 6.54 Å². The molecule has 1 saturated heterocycles. The second-order valence-electron chi connectivity index (χ2n) is 9.25. The van der Waals surface area contributed by atoms with E-state index >= 15 is 0 Å². The molecule has 0 unspecified atom stereocenters. The largest absolute Gasteiger partial charge is 0.385 e. The van der Waals surface area contributed by atoms with Crippen molar-refractivity contribution in [1.82, 2.24) is 9.88 Å². The van der Waals surface area contributed by atoms with Crippen LogP contribution in [0.1, 0.15) is 53.7 Å². The van der Waals surface area contributed by atoms with Crippen molar-refractivity contribution in [3.05, 3.63) is 81.6 Å². The molecule has 1 saturated carbocycles. The Morgan fingerprint density at radius 2 is 1.91 bits per heavy atom. The van der Waals surface area contributed by atoms with E-state index in [9.17, 15) is 14.7 Å². The fourth-order valence-corrected chi connectivity index (χ4v) is 5.81.